The van der Waals surface area contributed by atoms with E-state index in [0.29, 0.717) is 5.92 Å². The van der Waals surface area contributed by atoms with Gasteiger partial charge in [-0.25, -0.2) is 4.98 Å². The van der Waals surface area contributed by atoms with Crippen molar-refractivity contribution in [1.29, 1.82) is 0 Å². The molecular formula is C44H32N2O. The van der Waals surface area contributed by atoms with Crippen LogP contribution in [0.4, 0.5) is 0 Å². The molecule has 1 aliphatic rings. The summed E-state index contributed by atoms with van der Waals surface area (Å²) >= 11 is 0. The van der Waals surface area contributed by atoms with E-state index in [0.717, 1.165) is 55.2 Å². The van der Waals surface area contributed by atoms with Gasteiger partial charge in [-0.1, -0.05) is 122 Å². The first-order chi connectivity index (χ1) is 23.3. The van der Waals surface area contributed by atoms with Gasteiger partial charge in [-0.05, 0) is 69.6 Å². The molecule has 2 aromatic heterocycles. The maximum Gasteiger partial charge on any atom is 0.143 e. The minimum Gasteiger partial charge on any atom is -0.455 e. The summed E-state index contributed by atoms with van der Waals surface area (Å²) in [6.07, 6.45) is 8.32. The fourth-order valence-electron chi connectivity index (χ4n) is 8.18. The zero-order valence-corrected chi connectivity index (χ0v) is 26.0. The molecule has 7 aromatic carbocycles. The van der Waals surface area contributed by atoms with Crippen LogP contribution in [0.5, 0.6) is 0 Å². The summed E-state index contributed by atoms with van der Waals surface area (Å²) in [5.41, 5.74) is 9.45. The van der Waals surface area contributed by atoms with Gasteiger partial charge in [-0.2, -0.15) is 0 Å². The predicted octanol–water partition coefficient (Wildman–Crippen LogP) is 12.4. The first kappa shape index (κ1) is 26.7. The molecule has 3 heteroatoms. The molecule has 2 heterocycles. The summed E-state index contributed by atoms with van der Waals surface area (Å²) in [6.45, 7) is 0. The zero-order chi connectivity index (χ0) is 30.9. The van der Waals surface area contributed by atoms with Crippen molar-refractivity contribution in [2.45, 2.75) is 38.0 Å². The second-order valence-electron chi connectivity index (χ2n) is 13.2. The van der Waals surface area contributed by atoms with Crippen LogP contribution < -0.4 is 0 Å². The Bertz CT molecular complexity index is 2640. The second-order valence-corrected chi connectivity index (χ2v) is 13.2. The smallest absolute Gasteiger partial charge is 0.143 e. The third-order valence-corrected chi connectivity index (χ3v) is 10.5. The Morgan fingerprint density at radius 1 is 0.553 bits per heavy atom. The fourth-order valence-corrected chi connectivity index (χ4v) is 8.18. The summed E-state index contributed by atoms with van der Waals surface area (Å²) in [7, 11) is 0. The number of benzene rings is 7. The van der Waals surface area contributed by atoms with Crippen LogP contribution in [0.2, 0.25) is 0 Å². The van der Waals surface area contributed by atoms with Gasteiger partial charge in [-0.15, -0.1) is 0 Å². The maximum atomic E-state index is 6.70. The molecule has 0 unspecified atom stereocenters. The lowest BCUT2D eigenvalue weighted by molar-refractivity contribution is 0.444. The molecule has 0 amide bonds. The van der Waals surface area contributed by atoms with Crippen LogP contribution in [0.15, 0.2) is 132 Å². The SMILES string of the molecule is c1ccc2c(c1)ccc1oc3c(-c4cc(-c5cnc6c7ccccc7c7ccccc7c6n5)cc(C5CCCCC5)c4)cccc3c12. The third kappa shape index (κ3) is 4.19. The zero-order valence-electron chi connectivity index (χ0n) is 26.0. The van der Waals surface area contributed by atoms with Crippen molar-refractivity contribution in [2.75, 3.05) is 0 Å². The molecule has 224 valence electrons. The molecule has 0 atom stereocenters. The van der Waals surface area contributed by atoms with E-state index in [1.807, 2.05) is 6.20 Å². The van der Waals surface area contributed by atoms with Crippen molar-refractivity contribution in [1.82, 2.24) is 9.97 Å². The number of hydrogen-bond acceptors (Lipinski definition) is 3. The fraction of sp³-hybridized carbons (Fsp3) is 0.136. The summed E-state index contributed by atoms with van der Waals surface area (Å²) in [5.74, 6) is 0.541. The van der Waals surface area contributed by atoms with Crippen LogP contribution >= 0.6 is 0 Å². The van der Waals surface area contributed by atoms with Gasteiger partial charge in [-0.3, -0.25) is 4.98 Å². The quantitative estimate of drug-likeness (QED) is 0.188. The van der Waals surface area contributed by atoms with E-state index in [9.17, 15) is 0 Å². The normalized spacial score (nSPS) is 14.3. The van der Waals surface area contributed by atoms with Gasteiger partial charge < -0.3 is 4.42 Å². The van der Waals surface area contributed by atoms with Gasteiger partial charge in [0.05, 0.1) is 22.9 Å². The van der Waals surface area contributed by atoms with Crippen LogP contribution in [0.1, 0.15) is 43.6 Å². The molecule has 1 aliphatic carbocycles. The summed E-state index contributed by atoms with van der Waals surface area (Å²) < 4.78 is 6.70. The van der Waals surface area contributed by atoms with E-state index in [1.54, 1.807) is 0 Å². The van der Waals surface area contributed by atoms with E-state index in [2.05, 4.69) is 121 Å². The number of aromatic nitrogens is 2. The van der Waals surface area contributed by atoms with E-state index in [1.165, 1.54) is 70.2 Å². The summed E-state index contributed by atoms with van der Waals surface area (Å²) in [6, 6.07) is 43.7. The lowest BCUT2D eigenvalue weighted by atomic mass is 9.82. The van der Waals surface area contributed by atoms with Gasteiger partial charge in [0.1, 0.15) is 11.2 Å². The van der Waals surface area contributed by atoms with Crippen LogP contribution in [-0.4, -0.2) is 9.97 Å². The second kappa shape index (κ2) is 10.5. The molecule has 0 spiro atoms. The number of fused-ring (bicyclic) bond motifs is 11. The summed E-state index contributed by atoms with van der Waals surface area (Å²) in [5, 5.41) is 9.49. The highest BCUT2D eigenvalue weighted by Crippen LogP contribution is 2.43. The lowest BCUT2D eigenvalue weighted by Gasteiger charge is -2.23. The van der Waals surface area contributed by atoms with Gasteiger partial charge in [0, 0.05) is 32.7 Å². The Kier molecular flexibility index (Phi) is 5.95. The number of furan rings is 1. The van der Waals surface area contributed by atoms with Crippen molar-refractivity contribution in [3.05, 3.63) is 133 Å². The third-order valence-electron chi connectivity index (χ3n) is 10.5. The average molecular weight is 605 g/mol. The molecule has 0 N–H and O–H groups in total. The van der Waals surface area contributed by atoms with Crippen molar-refractivity contribution < 1.29 is 4.42 Å². The van der Waals surface area contributed by atoms with Gasteiger partial charge >= 0.3 is 0 Å². The van der Waals surface area contributed by atoms with E-state index < -0.39 is 0 Å². The molecule has 1 saturated carbocycles. The predicted molar refractivity (Wildman–Crippen MR) is 196 cm³/mol. The highest BCUT2D eigenvalue weighted by atomic mass is 16.3. The monoisotopic (exact) mass is 604 g/mol. The number of rotatable bonds is 3. The van der Waals surface area contributed by atoms with Crippen LogP contribution in [0, 0.1) is 0 Å². The minimum atomic E-state index is 0.541. The largest absolute Gasteiger partial charge is 0.455 e. The van der Waals surface area contributed by atoms with Crippen molar-refractivity contribution in [2.24, 2.45) is 0 Å². The lowest BCUT2D eigenvalue weighted by Crippen LogP contribution is -2.05. The Labute approximate surface area is 272 Å². The molecular weight excluding hydrogens is 572 g/mol. The van der Waals surface area contributed by atoms with Gasteiger partial charge in [0.25, 0.3) is 0 Å². The molecule has 0 bridgehead atoms. The van der Waals surface area contributed by atoms with Crippen molar-refractivity contribution in [3.63, 3.8) is 0 Å². The molecule has 3 nitrogen and oxygen atoms in total. The van der Waals surface area contributed by atoms with E-state index in [-0.39, 0.29) is 0 Å². The van der Waals surface area contributed by atoms with Crippen molar-refractivity contribution in [3.8, 4) is 22.4 Å². The molecule has 10 rings (SSSR count). The number of nitrogens with zero attached hydrogens (tertiary/aromatic N) is 2. The molecule has 0 radical (unpaired) electrons. The topological polar surface area (TPSA) is 38.9 Å². The van der Waals surface area contributed by atoms with Crippen LogP contribution in [-0.2, 0) is 0 Å². The molecule has 0 saturated heterocycles. The Morgan fingerprint density at radius 2 is 1.23 bits per heavy atom. The standard InChI is InChI=1S/C44H32N2O/c1-2-11-27(12-3-1)29-23-30(33-19-10-20-38-41-32-14-5-4-13-28(32)21-22-40(41)47-44(33)38)25-31(24-29)39-26-45-42-36-17-8-6-15-34(36)35-16-7-9-18-37(35)43(42)46-39/h4-10,13-27H,1-3,11-12H2. The van der Waals surface area contributed by atoms with Crippen molar-refractivity contribution >= 4 is 65.3 Å². The Hall–Kier alpha value is -5.54. The molecule has 47 heavy (non-hydrogen) atoms. The maximum absolute atomic E-state index is 6.70. The average Bonchev–Trinajstić information content (AvgIpc) is 3.54. The number of para-hydroxylation sites is 1. The molecule has 1 fully saturated rings. The van der Waals surface area contributed by atoms with Crippen LogP contribution in [0.25, 0.3) is 87.7 Å². The Morgan fingerprint density at radius 3 is 2.04 bits per heavy atom. The van der Waals surface area contributed by atoms with Crippen LogP contribution in [0.3, 0.4) is 0 Å². The first-order valence-electron chi connectivity index (χ1n) is 16.8. The highest BCUT2D eigenvalue weighted by Gasteiger charge is 2.21. The number of hydrogen-bond donors (Lipinski definition) is 0. The van der Waals surface area contributed by atoms with E-state index >= 15 is 0 Å². The highest BCUT2D eigenvalue weighted by molar-refractivity contribution is 6.23. The Balaban J connectivity index is 1.22. The van der Waals surface area contributed by atoms with Gasteiger partial charge in [0.2, 0.25) is 0 Å². The minimum absolute atomic E-state index is 0.541. The van der Waals surface area contributed by atoms with E-state index in [4.69, 9.17) is 14.4 Å². The summed E-state index contributed by atoms with van der Waals surface area (Å²) in [4.78, 5) is 10.5. The first-order valence-corrected chi connectivity index (χ1v) is 16.8. The van der Waals surface area contributed by atoms with Gasteiger partial charge in [0.15, 0.2) is 0 Å². The molecule has 0 aliphatic heterocycles. The molecule has 9 aromatic rings.